The summed E-state index contributed by atoms with van der Waals surface area (Å²) in [5.74, 6) is -0.330. The second-order valence-corrected chi connectivity index (χ2v) is 4.22. The molecule has 0 saturated carbocycles. The molecule has 0 saturated heterocycles. The number of thiophene rings is 1. The molecule has 70 valence electrons. The van der Waals surface area contributed by atoms with Gasteiger partial charge >= 0.3 is 0 Å². The van der Waals surface area contributed by atoms with E-state index in [1.807, 2.05) is 18.2 Å². The van der Waals surface area contributed by atoms with Crippen LogP contribution in [0.4, 0.5) is 0 Å². The lowest BCUT2D eigenvalue weighted by Crippen LogP contribution is -2.04. The molecular formula is C10H13NOS. The molecule has 0 amide bonds. The molecule has 1 aromatic heterocycles. The molecule has 13 heavy (non-hydrogen) atoms. The number of hydrogen-bond donors (Lipinski definition) is 1. The first-order valence-corrected chi connectivity index (χ1v) is 5.17. The zero-order valence-electron chi connectivity index (χ0n) is 7.82. The highest BCUT2D eigenvalue weighted by molar-refractivity contribution is 7.12. The molecular weight excluding hydrogens is 182 g/mol. The summed E-state index contributed by atoms with van der Waals surface area (Å²) in [6.07, 6.45) is 0.355. The van der Waals surface area contributed by atoms with Crippen molar-refractivity contribution < 1.29 is 5.11 Å². The lowest BCUT2D eigenvalue weighted by atomic mass is 10.1. The molecule has 2 unspecified atom stereocenters. The average Bonchev–Trinajstić information content (AvgIpc) is 2.63. The highest BCUT2D eigenvalue weighted by Crippen LogP contribution is 2.28. The Morgan fingerprint density at radius 3 is 2.77 bits per heavy atom. The Bertz CT molecular complexity index is 313. The molecule has 3 heteroatoms. The van der Waals surface area contributed by atoms with Gasteiger partial charge in [-0.25, -0.2) is 0 Å². The Kier molecular flexibility index (Phi) is 3.47. The fourth-order valence-electron chi connectivity index (χ4n) is 1.06. The van der Waals surface area contributed by atoms with Crippen LogP contribution in [0.25, 0.3) is 0 Å². The van der Waals surface area contributed by atoms with Crippen LogP contribution in [0.5, 0.6) is 0 Å². The lowest BCUT2D eigenvalue weighted by molar-refractivity contribution is 0.146. The molecule has 0 radical (unpaired) electrons. The van der Waals surface area contributed by atoms with Crippen molar-refractivity contribution in [3.8, 4) is 6.07 Å². The number of rotatable bonds is 3. The van der Waals surface area contributed by atoms with Gasteiger partial charge in [-0.05, 0) is 25.5 Å². The number of nitrogens with zero attached hydrogens (tertiary/aromatic N) is 1. The third-order valence-electron chi connectivity index (χ3n) is 2.00. The van der Waals surface area contributed by atoms with Crippen molar-refractivity contribution >= 4 is 11.3 Å². The molecule has 0 fully saturated rings. The van der Waals surface area contributed by atoms with Gasteiger partial charge < -0.3 is 5.11 Å². The van der Waals surface area contributed by atoms with Crippen molar-refractivity contribution in [3.63, 3.8) is 0 Å². The quantitative estimate of drug-likeness (QED) is 0.805. The predicted octanol–water partition coefficient (Wildman–Crippen LogP) is 2.50. The Balaban J connectivity index is 2.78. The highest BCUT2D eigenvalue weighted by atomic mass is 32.1. The summed E-state index contributed by atoms with van der Waals surface area (Å²) in [6.45, 7) is 3.81. The van der Waals surface area contributed by atoms with Crippen LogP contribution in [0, 0.1) is 17.2 Å². The van der Waals surface area contributed by atoms with Crippen molar-refractivity contribution in [1.82, 2.24) is 0 Å². The van der Waals surface area contributed by atoms with Crippen LogP contribution in [0.2, 0.25) is 0 Å². The lowest BCUT2D eigenvalue weighted by Gasteiger charge is -2.09. The van der Waals surface area contributed by atoms with Crippen LogP contribution in [-0.4, -0.2) is 5.11 Å². The van der Waals surface area contributed by atoms with Gasteiger partial charge in [-0.2, -0.15) is 5.26 Å². The molecule has 1 aromatic rings. The van der Waals surface area contributed by atoms with Crippen LogP contribution < -0.4 is 0 Å². The summed E-state index contributed by atoms with van der Waals surface area (Å²) in [6, 6.07) is 5.96. The molecule has 0 spiro atoms. The third kappa shape index (κ3) is 2.30. The second-order valence-electron chi connectivity index (χ2n) is 3.02. The van der Waals surface area contributed by atoms with Crippen molar-refractivity contribution in [3.05, 3.63) is 21.9 Å². The van der Waals surface area contributed by atoms with Gasteiger partial charge in [0.25, 0.3) is 0 Å². The maximum absolute atomic E-state index is 9.69. The van der Waals surface area contributed by atoms with Crippen LogP contribution >= 0.6 is 11.3 Å². The van der Waals surface area contributed by atoms with E-state index in [0.717, 1.165) is 11.3 Å². The van der Waals surface area contributed by atoms with Crippen molar-refractivity contribution in [2.24, 2.45) is 5.92 Å². The van der Waals surface area contributed by atoms with Crippen molar-refractivity contribution in [2.75, 3.05) is 0 Å². The molecule has 0 aliphatic heterocycles. The SMILES string of the molecule is CCc1ccc(C(O)C(C)C#N)s1. The Morgan fingerprint density at radius 2 is 2.31 bits per heavy atom. The molecule has 0 aliphatic carbocycles. The molecule has 0 aromatic carbocycles. The van der Waals surface area contributed by atoms with Gasteiger partial charge in [0.1, 0.15) is 6.10 Å². The minimum atomic E-state index is -0.629. The second kappa shape index (κ2) is 4.40. The molecule has 2 nitrogen and oxygen atoms in total. The van der Waals surface area contributed by atoms with E-state index in [-0.39, 0.29) is 5.92 Å². The van der Waals surface area contributed by atoms with Crippen LogP contribution in [-0.2, 0) is 6.42 Å². The van der Waals surface area contributed by atoms with Gasteiger partial charge in [-0.15, -0.1) is 11.3 Å². The first-order chi connectivity index (χ1) is 6.19. The standard InChI is InChI=1S/C10H13NOS/c1-3-8-4-5-9(13-8)10(12)7(2)6-11/h4-5,7,10,12H,3H2,1-2H3. The minimum Gasteiger partial charge on any atom is -0.386 e. The Morgan fingerprint density at radius 1 is 1.62 bits per heavy atom. The summed E-state index contributed by atoms with van der Waals surface area (Å²) in [4.78, 5) is 2.14. The van der Waals surface area contributed by atoms with E-state index in [1.54, 1.807) is 18.3 Å². The van der Waals surface area contributed by atoms with E-state index in [9.17, 15) is 5.11 Å². The normalized spacial score (nSPS) is 14.9. The first-order valence-electron chi connectivity index (χ1n) is 4.35. The fraction of sp³-hybridized carbons (Fsp3) is 0.500. The van der Waals surface area contributed by atoms with Gasteiger partial charge in [0.2, 0.25) is 0 Å². The topological polar surface area (TPSA) is 44.0 Å². The number of nitriles is 1. The monoisotopic (exact) mass is 195 g/mol. The minimum absolute atomic E-state index is 0.330. The van der Waals surface area contributed by atoms with E-state index in [1.165, 1.54) is 4.88 Å². The first kappa shape index (κ1) is 10.2. The summed E-state index contributed by atoms with van der Waals surface area (Å²) < 4.78 is 0. The molecule has 1 N–H and O–H groups in total. The van der Waals surface area contributed by atoms with Crippen LogP contribution in [0.1, 0.15) is 29.7 Å². The fourth-order valence-corrected chi connectivity index (χ4v) is 2.10. The van der Waals surface area contributed by atoms with E-state index in [0.29, 0.717) is 0 Å². The smallest absolute Gasteiger partial charge is 0.104 e. The predicted molar refractivity (Wildman–Crippen MR) is 53.4 cm³/mol. The van der Waals surface area contributed by atoms with Gasteiger partial charge in [-0.3, -0.25) is 0 Å². The maximum atomic E-state index is 9.69. The highest BCUT2D eigenvalue weighted by Gasteiger charge is 2.17. The van der Waals surface area contributed by atoms with Crippen LogP contribution in [0.3, 0.4) is 0 Å². The van der Waals surface area contributed by atoms with Gasteiger partial charge in [0.05, 0.1) is 12.0 Å². The van der Waals surface area contributed by atoms with E-state index >= 15 is 0 Å². The molecule has 1 heterocycles. The summed E-state index contributed by atoms with van der Waals surface area (Å²) in [7, 11) is 0. The van der Waals surface area contributed by atoms with E-state index in [4.69, 9.17) is 5.26 Å². The number of aliphatic hydroxyl groups is 1. The number of hydrogen-bond acceptors (Lipinski definition) is 3. The largest absolute Gasteiger partial charge is 0.386 e. The molecule has 0 bridgehead atoms. The zero-order valence-corrected chi connectivity index (χ0v) is 8.64. The summed E-state index contributed by atoms with van der Waals surface area (Å²) >= 11 is 1.58. The van der Waals surface area contributed by atoms with Gasteiger partial charge in [0.15, 0.2) is 0 Å². The molecule has 2 atom stereocenters. The summed E-state index contributed by atoms with van der Waals surface area (Å²) in [5.41, 5.74) is 0. The molecule has 0 aliphatic rings. The van der Waals surface area contributed by atoms with Crippen LogP contribution in [0.15, 0.2) is 12.1 Å². The molecule has 1 rings (SSSR count). The zero-order chi connectivity index (χ0) is 9.84. The van der Waals surface area contributed by atoms with Gasteiger partial charge in [-0.1, -0.05) is 6.92 Å². The number of aliphatic hydroxyl groups excluding tert-OH is 1. The van der Waals surface area contributed by atoms with E-state index < -0.39 is 6.10 Å². The summed E-state index contributed by atoms with van der Waals surface area (Å²) in [5, 5.41) is 18.3. The Hall–Kier alpha value is -0.850. The van der Waals surface area contributed by atoms with Gasteiger partial charge in [0, 0.05) is 9.75 Å². The van der Waals surface area contributed by atoms with Crippen molar-refractivity contribution in [2.45, 2.75) is 26.4 Å². The Labute approximate surface area is 82.4 Å². The average molecular weight is 195 g/mol. The maximum Gasteiger partial charge on any atom is 0.104 e. The number of aryl methyl sites for hydroxylation is 1. The van der Waals surface area contributed by atoms with E-state index in [2.05, 4.69) is 6.92 Å². The van der Waals surface area contributed by atoms with Crippen molar-refractivity contribution in [1.29, 1.82) is 5.26 Å². The third-order valence-corrected chi connectivity index (χ3v) is 3.30.